The minimum Gasteiger partial charge on any atom is -0.421 e. The molecule has 0 saturated heterocycles. The van der Waals surface area contributed by atoms with Gasteiger partial charge in [-0.1, -0.05) is 146 Å². The van der Waals surface area contributed by atoms with Gasteiger partial charge < -0.3 is 10.0 Å². The predicted molar refractivity (Wildman–Crippen MR) is 226 cm³/mol. The Morgan fingerprint density at radius 1 is 0.423 bits per heavy atom. The molecule has 0 bridgehead atoms. The van der Waals surface area contributed by atoms with Gasteiger partial charge in [0.1, 0.15) is 6.08 Å². The lowest BCUT2D eigenvalue weighted by molar-refractivity contribution is 0.427. The second-order valence-electron chi connectivity index (χ2n) is 12.7. The summed E-state index contributed by atoms with van der Waals surface area (Å²) in [6, 6.07) is 61.5. The molecule has 52 heavy (non-hydrogen) atoms. The zero-order chi connectivity index (χ0) is 35.4. The molecule has 0 amide bonds. The summed E-state index contributed by atoms with van der Waals surface area (Å²) in [5.74, 6) is 0. The van der Waals surface area contributed by atoms with E-state index in [-0.39, 0.29) is 0 Å². The molecule has 0 atom stereocenters. The van der Waals surface area contributed by atoms with Crippen molar-refractivity contribution in [3.05, 3.63) is 204 Å². The Balaban J connectivity index is 0.000000119. The van der Waals surface area contributed by atoms with Crippen LogP contribution in [0.4, 0.5) is 0 Å². The van der Waals surface area contributed by atoms with Gasteiger partial charge in [-0.15, -0.1) is 0 Å². The highest BCUT2D eigenvalue weighted by Gasteiger charge is 2.28. The molecule has 2 N–H and O–H groups in total. The van der Waals surface area contributed by atoms with Crippen LogP contribution in [0.1, 0.15) is 11.1 Å². The van der Waals surface area contributed by atoms with Crippen molar-refractivity contribution in [3.63, 3.8) is 0 Å². The van der Waals surface area contributed by atoms with E-state index in [1.807, 2.05) is 30.3 Å². The van der Waals surface area contributed by atoms with Gasteiger partial charge in [-0.3, -0.25) is 0 Å². The Kier molecular flexibility index (Phi) is 9.46. The molecule has 0 radical (unpaired) electrons. The molecule has 2 nitrogen and oxygen atoms in total. The van der Waals surface area contributed by atoms with Crippen LogP contribution >= 0.6 is 15.9 Å². The van der Waals surface area contributed by atoms with Crippen molar-refractivity contribution < 1.29 is 10.0 Å². The second kappa shape index (κ2) is 14.8. The summed E-state index contributed by atoms with van der Waals surface area (Å²) in [4.78, 5) is 0. The van der Waals surface area contributed by atoms with Gasteiger partial charge in [0.2, 0.25) is 0 Å². The number of hydrogen-bond donors (Lipinski definition) is 2. The molecular formula is C48H33BBrO2+. The number of fused-ring (bicyclic) bond motifs is 6. The summed E-state index contributed by atoms with van der Waals surface area (Å²) in [5.41, 5.74) is 4.89. The minimum absolute atomic E-state index is 0.429. The molecule has 1 aliphatic rings. The van der Waals surface area contributed by atoms with Gasteiger partial charge in [-0.25, -0.2) is 0 Å². The highest BCUT2D eigenvalue weighted by molar-refractivity contribution is 9.10. The smallest absolute Gasteiger partial charge is 0.421 e. The van der Waals surface area contributed by atoms with Gasteiger partial charge in [-0.05, 0) is 105 Å². The largest absolute Gasteiger partial charge is 0.527 e. The number of benzene rings is 9. The molecule has 9 aromatic rings. The number of allylic oxidation sites excluding steroid dienone is 2. The standard InChI is InChI=1S/C24H16.C14H9Br.C10H8BO2/c1-4-12-20-17(8-1)11-7-15-23(20)24-21-13-5-2-9-18(21)16-19-10-3-6-14-22(19)24;15-14-12-7-3-1-5-10(12)9-11-6-2-4-8-13(11)14;12-11(13)10-7-3-5-8-4-1-2-6-9(8)10/h1-16H;1-9H;1-6,12-13H/q;;+1. The minimum atomic E-state index is -1.45. The summed E-state index contributed by atoms with van der Waals surface area (Å²) in [7, 11) is -1.45. The Morgan fingerprint density at radius 2 is 0.846 bits per heavy atom. The number of hydrogen-bond acceptors (Lipinski definition) is 2. The van der Waals surface area contributed by atoms with Crippen molar-refractivity contribution in [2.24, 2.45) is 0 Å². The fourth-order valence-corrected chi connectivity index (χ4v) is 7.83. The van der Waals surface area contributed by atoms with E-state index < -0.39 is 7.12 Å². The Hall–Kier alpha value is -5.87. The van der Waals surface area contributed by atoms with Gasteiger partial charge in [-0.2, -0.15) is 0 Å². The van der Waals surface area contributed by atoms with Crippen LogP contribution in [0.25, 0.3) is 76.5 Å². The van der Waals surface area contributed by atoms with Crippen LogP contribution in [-0.2, 0) is 0 Å². The molecular weight excluding hydrogens is 699 g/mol. The molecule has 10 rings (SSSR count). The van der Waals surface area contributed by atoms with Gasteiger partial charge in [0.25, 0.3) is 0 Å². The van der Waals surface area contributed by atoms with Crippen molar-refractivity contribution in [2.45, 2.75) is 0 Å². The number of halogens is 1. The first-order valence-corrected chi connectivity index (χ1v) is 18.1. The lowest BCUT2D eigenvalue weighted by Crippen LogP contribution is -2.16. The summed E-state index contributed by atoms with van der Waals surface area (Å²) >= 11 is 3.68. The summed E-state index contributed by atoms with van der Waals surface area (Å²) in [5, 5.41) is 31.0. The van der Waals surface area contributed by atoms with Crippen molar-refractivity contribution in [1.29, 1.82) is 0 Å². The van der Waals surface area contributed by atoms with Crippen LogP contribution in [0.5, 0.6) is 0 Å². The molecule has 4 heteroatoms. The highest BCUT2D eigenvalue weighted by Crippen LogP contribution is 2.39. The summed E-state index contributed by atoms with van der Waals surface area (Å²) in [6.07, 6.45) is 6.39. The Labute approximate surface area is 311 Å². The fraction of sp³-hybridized carbons (Fsp3) is 0. The van der Waals surface area contributed by atoms with E-state index >= 15 is 0 Å². The van der Waals surface area contributed by atoms with Crippen LogP contribution in [0.3, 0.4) is 0 Å². The van der Waals surface area contributed by atoms with Gasteiger partial charge in [0.05, 0.1) is 17.2 Å². The van der Waals surface area contributed by atoms with Crippen LogP contribution in [0.15, 0.2) is 186 Å². The van der Waals surface area contributed by atoms with E-state index in [4.69, 9.17) is 10.0 Å². The fourth-order valence-electron chi connectivity index (χ4n) is 7.11. The topological polar surface area (TPSA) is 40.5 Å². The Bertz CT molecular complexity index is 2690. The summed E-state index contributed by atoms with van der Waals surface area (Å²) < 4.78 is 1.19. The first kappa shape index (κ1) is 33.3. The highest BCUT2D eigenvalue weighted by atomic mass is 79.9. The Morgan fingerprint density at radius 3 is 1.42 bits per heavy atom. The van der Waals surface area contributed by atoms with E-state index in [1.165, 1.54) is 69.5 Å². The molecule has 0 fully saturated rings. The zero-order valence-corrected chi connectivity index (χ0v) is 29.8. The average Bonchev–Trinajstić information content (AvgIpc) is 3.20. The average molecular weight is 733 g/mol. The maximum Gasteiger partial charge on any atom is 0.527 e. The number of rotatable bonds is 2. The van der Waals surface area contributed by atoms with Crippen molar-refractivity contribution in [1.82, 2.24) is 0 Å². The maximum absolute atomic E-state index is 9.05. The third kappa shape index (κ3) is 6.53. The second-order valence-corrected chi connectivity index (χ2v) is 13.5. The van der Waals surface area contributed by atoms with Crippen molar-refractivity contribution in [2.75, 3.05) is 0 Å². The predicted octanol–water partition coefficient (Wildman–Crippen LogP) is 12.5. The maximum atomic E-state index is 9.05. The quantitative estimate of drug-likeness (QED) is 0.106. The van der Waals surface area contributed by atoms with E-state index in [1.54, 1.807) is 6.08 Å². The van der Waals surface area contributed by atoms with Gasteiger partial charge in [0.15, 0.2) is 5.47 Å². The van der Waals surface area contributed by atoms with E-state index in [0.717, 1.165) is 11.1 Å². The molecule has 0 aromatic heterocycles. The SMILES string of the molecule is Brc1c2ccccc2cc2ccccc12.OB(O)C1=[C+]C=Cc2ccccc21.c1ccc2c(-c3c4ccccc4cc4ccccc34)cccc2c1. The zero-order valence-electron chi connectivity index (χ0n) is 28.2. The molecule has 0 aliphatic heterocycles. The molecule has 0 heterocycles. The van der Waals surface area contributed by atoms with Crippen LogP contribution < -0.4 is 0 Å². The third-order valence-corrected chi connectivity index (χ3v) is 10.4. The van der Waals surface area contributed by atoms with E-state index in [9.17, 15) is 0 Å². The molecule has 0 unspecified atom stereocenters. The molecule has 246 valence electrons. The summed E-state index contributed by atoms with van der Waals surface area (Å²) in [6.45, 7) is 0. The first-order chi connectivity index (χ1) is 25.6. The van der Waals surface area contributed by atoms with E-state index in [0.29, 0.717) is 5.47 Å². The molecule has 0 spiro atoms. The lowest BCUT2D eigenvalue weighted by Gasteiger charge is -2.14. The monoisotopic (exact) mass is 731 g/mol. The molecule has 1 aliphatic carbocycles. The first-order valence-electron chi connectivity index (χ1n) is 17.3. The van der Waals surface area contributed by atoms with Gasteiger partial charge >= 0.3 is 7.12 Å². The van der Waals surface area contributed by atoms with Crippen LogP contribution in [-0.4, -0.2) is 17.2 Å². The lowest BCUT2D eigenvalue weighted by atomic mass is 9.72. The van der Waals surface area contributed by atoms with Gasteiger partial charge in [0, 0.05) is 16.6 Å². The van der Waals surface area contributed by atoms with Crippen LogP contribution in [0.2, 0.25) is 0 Å². The van der Waals surface area contributed by atoms with Crippen molar-refractivity contribution in [3.8, 4) is 11.1 Å². The molecule has 0 saturated carbocycles. The van der Waals surface area contributed by atoms with Crippen LogP contribution in [0, 0.1) is 6.08 Å². The molecule has 9 aromatic carbocycles. The van der Waals surface area contributed by atoms with Crippen molar-refractivity contribution >= 4 is 88.5 Å². The third-order valence-electron chi connectivity index (χ3n) is 9.55. The normalized spacial score (nSPS) is 11.6. The van der Waals surface area contributed by atoms with E-state index in [2.05, 4.69) is 174 Å².